The molecule has 20 heavy (non-hydrogen) atoms. The lowest BCUT2D eigenvalue weighted by Crippen LogP contribution is -2.61. The van der Waals surface area contributed by atoms with E-state index in [-0.39, 0.29) is 23.9 Å². The van der Waals surface area contributed by atoms with Crippen LogP contribution in [0.5, 0.6) is 0 Å². The van der Waals surface area contributed by atoms with Crippen molar-refractivity contribution in [3.8, 4) is 0 Å². The Morgan fingerprint density at radius 2 is 1.95 bits per heavy atom. The molecule has 0 saturated carbocycles. The summed E-state index contributed by atoms with van der Waals surface area (Å²) in [6.45, 7) is 3.10. The van der Waals surface area contributed by atoms with Gasteiger partial charge in [0.1, 0.15) is 5.82 Å². The molecule has 3 amide bonds. The summed E-state index contributed by atoms with van der Waals surface area (Å²) in [6.07, 6.45) is 0. The van der Waals surface area contributed by atoms with Crippen LogP contribution in [0.3, 0.4) is 0 Å². The van der Waals surface area contributed by atoms with Gasteiger partial charge < -0.3 is 9.64 Å². The Morgan fingerprint density at radius 3 is 2.60 bits per heavy atom. The molecule has 0 radical (unpaired) electrons. The van der Waals surface area contributed by atoms with E-state index >= 15 is 0 Å². The first kappa shape index (κ1) is 13.1. The predicted octanol–water partition coefficient (Wildman–Crippen LogP) is 1.63. The summed E-state index contributed by atoms with van der Waals surface area (Å²) in [6, 6.07) is 4.81. The van der Waals surface area contributed by atoms with Crippen LogP contribution in [-0.4, -0.2) is 42.6 Å². The molecule has 1 aromatic rings. The summed E-state index contributed by atoms with van der Waals surface area (Å²) in [4.78, 5) is 27.7. The minimum atomic E-state index is -0.403. The number of ether oxygens (including phenoxy) is 1. The van der Waals surface area contributed by atoms with Gasteiger partial charge in [0.15, 0.2) is 0 Å². The van der Waals surface area contributed by atoms with Gasteiger partial charge in [-0.15, -0.1) is 0 Å². The van der Waals surface area contributed by atoms with Gasteiger partial charge in [-0.1, -0.05) is 0 Å². The molecule has 0 aromatic heterocycles. The van der Waals surface area contributed by atoms with Crippen LogP contribution in [-0.2, 0) is 9.53 Å². The molecule has 0 bridgehead atoms. The number of halogens is 1. The predicted molar refractivity (Wildman–Crippen MR) is 69.8 cm³/mol. The van der Waals surface area contributed by atoms with Crippen LogP contribution in [0.4, 0.5) is 14.9 Å². The number of hydrogen-bond donors (Lipinski definition) is 0. The summed E-state index contributed by atoms with van der Waals surface area (Å²) in [7, 11) is 0. The Kier molecular flexibility index (Phi) is 3.17. The normalized spacial score (nSPS) is 26.1. The fourth-order valence-corrected chi connectivity index (χ4v) is 2.81. The first-order valence-corrected chi connectivity index (χ1v) is 6.61. The summed E-state index contributed by atoms with van der Waals surface area (Å²) in [5.74, 6) is -1.01. The lowest BCUT2D eigenvalue weighted by atomic mass is 9.97. The van der Waals surface area contributed by atoms with Crippen molar-refractivity contribution in [2.45, 2.75) is 13.0 Å². The highest BCUT2D eigenvalue weighted by atomic mass is 19.1. The minimum Gasteiger partial charge on any atom is -0.378 e. The van der Waals surface area contributed by atoms with Gasteiger partial charge in [0, 0.05) is 6.54 Å². The standard InChI is InChI=1S/C14H15FN2O3/c1-2-16-12-8-20-7-11(12)13(18)17(14(16)19)10-5-3-9(15)4-6-10/h3-6,11-12H,2,7-8H2,1H3. The number of benzene rings is 1. The molecule has 2 atom stereocenters. The van der Waals surface area contributed by atoms with Crippen molar-refractivity contribution in [3.05, 3.63) is 30.1 Å². The number of likely N-dealkylation sites (N-methyl/N-ethyl adjacent to an activating group) is 1. The number of fused-ring (bicyclic) bond motifs is 1. The smallest absolute Gasteiger partial charge is 0.331 e. The highest BCUT2D eigenvalue weighted by molar-refractivity contribution is 6.17. The van der Waals surface area contributed by atoms with E-state index in [1.807, 2.05) is 6.92 Å². The topological polar surface area (TPSA) is 49.9 Å². The summed E-state index contributed by atoms with van der Waals surface area (Å²) >= 11 is 0. The molecule has 106 valence electrons. The second-order valence-electron chi connectivity index (χ2n) is 4.93. The Labute approximate surface area is 115 Å². The maximum absolute atomic E-state index is 13.0. The van der Waals surface area contributed by atoms with Crippen LogP contribution < -0.4 is 4.90 Å². The minimum absolute atomic E-state index is 0.184. The largest absolute Gasteiger partial charge is 0.378 e. The molecule has 1 aromatic carbocycles. The molecule has 3 rings (SSSR count). The average Bonchev–Trinajstić information content (AvgIpc) is 2.91. The maximum Gasteiger partial charge on any atom is 0.331 e. The second-order valence-corrected chi connectivity index (χ2v) is 4.93. The van der Waals surface area contributed by atoms with E-state index in [0.29, 0.717) is 25.4 Å². The number of carbonyl (C=O) groups excluding carboxylic acids is 2. The fraction of sp³-hybridized carbons (Fsp3) is 0.429. The molecule has 6 heteroatoms. The van der Waals surface area contributed by atoms with Gasteiger partial charge in [-0.05, 0) is 31.2 Å². The van der Waals surface area contributed by atoms with Gasteiger partial charge in [0.05, 0.1) is 30.9 Å². The number of carbonyl (C=O) groups is 2. The van der Waals surface area contributed by atoms with Crippen LogP contribution in [0.25, 0.3) is 0 Å². The van der Waals surface area contributed by atoms with Crippen LogP contribution >= 0.6 is 0 Å². The Hall–Kier alpha value is -1.95. The Balaban J connectivity index is 1.99. The number of anilines is 1. The molecule has 5 nitrogen and oxygen atoms in total. The first-order valence-electron chi connectivity index (χ1n) is 6.61. The number of rotatable bonds is 2. The SMILES string of the molecule is CCN1C(=O)N(c2ccc(F)cc2)C(=O)C2COCC21. The molecule has 2 saturated heterocycles. The molecule has 0 N–H and O–H groups in total. The van der Waals surface area contributed by atoms with E-state index in [4.69, 9.17) is 4.74 Å². The summed E-state index contributed by atoms with van der Waals surface area (Å²) in [5.41, 5.74) is 0.394. The highest BCUT2D eigenvalue weighted by Gasteiger charge is 2.49. The van der Waals surface area contributed by atoms with Gasteiger partial charge in [-0.25, -0.2) is 14.1 Å². The van der Waals surface area contributed by atoms with Gasteiger partial charge in [0.25, 0.3) is 0 Å². The van der Waals surface area contributed by atoms with Gasteiger partial charge in [-0.2, -0.15) is 0 Å². The molecular formula is C14H15FN2O3. The van der Waals surface area contributed by atoms with Crippen LogP contribution in [0, 0.1) is 11.7 Å². The number of urea groups is 1. The van der Waals surface area contributed by atoms with Crippen LogP contribution in [0.1, 0.15) is 6.92 Å². The molecule has 2 heterocycles. The number of amides is 3. The molecular weight excluding hydrogens is 263 g/mol. The van der Waals surface area contributed by atoms with Crippen molar-refractivity contribution in [1.29, 1.82) is 0 Å². The molecule has 0 aliphatic carbocycles. The molecule has 2 aliphatic heterocycles. The van der Waals surface area contributed by atoms with E-state index in [2.05, 4.69) is 0 Å². The van der Waals surface area contributed by atoms with Crippen LogP contribution in [0.2, 0.25) is 0 Å². The zero-order valence-electron chi connectivity index (χ0n) is 11.1. The van der Waals surface area contributed by atoms with Gasteiger partial charge in [0.2, 0.25) is 5.91 Å². The van der Waals surface area contributed by atoms with Gasteiger partial charge in [-0.3, -0.25) is 4.79 Å². The monoisotopic (exact) mass is 278 g/mol. The summed E-state index contributed by atoms with van der Waals surface area (Å²) in [5, 5.41) is 0. The Morgan fingerprint density at radius 1 is 1.25 bits per heavy atom. The van der Waals surface area contributed by atoms with E-state index in [1.54, 1.807) is 4.90 Å². The highest BCUT2D eigenvalue weighted by Crippen LogP contribution is 2.31. The molecule has 2 unspecified atom stereocenters. The van der Waals surface area contributed by atoms with Crippen molar-refractivity contribution in [2.75, 3.05) is 24.7 Å². The number of imide groups is 1. The third kappa shape index (κ3) is 1.87. The Bertz CT molecular complexity index is 546. The van der Waals surface area contributed by atoms with E-state index in [1.165, 1.54) is 24.3 Å². The van der Waals surface area contributed by atoms with E-state index < -0.39 is 5.82 Å². The third-order valence-corrected chi connectivity index (χ3v) is 3.85. The maximum atomic E-state index is 13.0. The number of hydrogen-bond acceptors (Lipinski definition) is 3. The summed E-state index contributed by atoms with van der Waals surface area (Å²) < 4.78 is 18.3. The average molecular weight is 278 g/mol. The zero-order chi connectivity index (χ0) is 14.3. The van der Waals surface area contributed by atoms with Gasteiger partial charge >= 0.3 is 6.03 Å². The zero-order valence-corrected chi connectivity index (χ0v) is 11.1. The van der Waals surface area contributed by atoms with Crippen molar-refractivity contribution >= 4 is 17.6 Å². The van der Waals surface area contributed by atoms with E-state index in [0.717, 1.165) is 4.90 Å². The van der Waals surface area contributed by atoms with Crippen molar-refractivity contribution in [3.63, 3.8) is 0 Å². The van der Waals surface area contributed by atoms with Crippen molar-refractivity contribution < 1.29 is 18.7 Å². The molecule has 2 aliphatic rings. The van der Waals surface area contributed by atoms with E-state index in [9.17, 15) is 14.0 Å². The first-order chi connectivity index (χ1) is 9.63. The van der Waals surface area contributed by atoms with Crippen molar-refractivity contribution in [2.24, 2.45) is 5.92 Å². The van der Waals surface area contributed by atoms with Crippen molar-refractivity contribution in [1.82, 2.24) is 4.90 Å². The third-order valence-electron chi connectivity index (χ3n) is 3.85. The molecule has 2 fully saturated rings. The second kappa shape index (κ2) is 4.86. The lowest BCUT2D eigenvalue weighted by molar-refractivity contribution is -0.124. The quantitative estimate of drug-likeness (QED) is 0.826. The van der Waals surface area contributed by atoms with Crippen LogP contribution in [0.15, 0.2) is 24.3 Å². The lowest BCUT2D eigenvalue weighted by Gasteiger charge is -2.40. The molecule has 0 spiro atoms. The number of nitrogens with zero attached hydrogens (tertiary/aromatic N) is 2. The fourth-order valence-electron chi connectivity index (χ4n) is 2.81.